The lowest BCUT2D eigenvalue weighted by Gasteiger charge is -2.28. The number of H-pyrrole nitrogens is 1. The summed E-state index contributed by atoms with van der Waals surface area (Å²) in [5.74, 6) is 1.98. The first kappa shape index (κ1) is 14.8. The van der Waals surface area contributed by atoms with E-state index < -0.39 is 0 Å². The third kappa shape index (κ3) is 2.52. The number of aromatic amines is 1. The predicted octanol–water partition coefficient (Wildman–Crippen LogP) is 2.03. The molecule has 1 N–H and O–H groups in total. The molecule has 3 heterocycles. The molecule has 1 fully saturated rings. The number of aromatic nitrogens is 2. The average molecular weight is 327 g/mol. The van der Waals surface area contributed by atoms with Crippen molar-refractivity contribution in [2.24, 2.45) is 0 Å². The molecule has 2 aromatic heterocycles. The summed E-state index contributed by atoms with van der Waals surface area (Å²) >= 11 is 0. The molecule has 7 heteroatoms. The van der Waals surface area contributed by atoms with Crippen LogP contribution in [-0.4, -0.2) is 43.4 Å². The maximum atomic E-state index is 12.6. The number of hydrogen-bond acceptors (Lipinski definition) is 6. The molecule has 0 spiro atoms. The molecule has 1 aromatic carbocycles. The molecule has 0 aliphatic carbocycles. The summed E-state index contributed by atoms with van der Waals surface area (Å²) in [5.41, 5.74) is 1.38. The fourth-order valence-electron chi connectivity index (χ4n) is 2.95. The largest absolute Gasteiger partial charge is 0.496 e. The summed E-state index contributed by atoms with van der Waals surface area (Å²) in [6.07, 6.45) is 2.95. The SMILES string of the molecule is COc1cc2[nH]c(N3CCOCC3)cc(=O)c2cc1-c1cnco1. The van der Waals surface area contributed by atoms with Crippen molar-refractivity contribution in [3.63, 3.8) is 0 Å². The zero-order valence-electron chi connectivity index (χ0n) is 13.2. The van der Waals surface area contributed by atoms with Gasteiger partial charge in [0.25, 0.3) is 0 Å². The number of nitrogens with zero attached hydrogens (tertiary/aromatic N) is 2. The highest BCUT2D eigenvalue weighted by Gasteiger charge is 2.16. The van der Waals surface area contributed by atoms with Crippen molar-refractivity contribution >= 4 is 16.7 Å². The summed E-state index contributed by atoms with van der Waals surface area (Å²) in [5, 5.41) is 0.583. The van der Waals surface area contributed by atoms with E-state index in [2.05, 4.69) is 14.9 Å². The molecular weight excluding hydrogens is 310 g/mol. The Bertz CT molecular complexity index is 911. The van der Waals surface area contributed by atoms with Crippen LogP contribution < -0.4 is 15.1 Å². The number of benzene rings is 1. The molecule has 4 rings (SSSR count). The van der Waals surface area contributed by atoms with E-state index in [1.165, 1.54) is 6.39 Å². The van der Waals surface area contributed by atoms with Gasteiger partial charge in [0.05, 0.1) is 37.6 Å². The Balaban J connectivity index is 1.86. The number of ether oxygens (including phenoxy) is 2. The number of nitrogens with one attached hydrogen (secondary N) is 1. The zero-order chi connectivity index (χ0) is 16.5. The quantitative estimate of drug-likeness (QED) is 0.793. The van der Waals surface area contributed by atoms with Crippen molar-refractivity contribution in [3.8, 4) is 17.1 Å². The summed E-state index contributed by atoms with van der Waals surface area (Å²) in [6, 6.07) is 5.22. The minimum absolute atomic E-state index is 0.0475. The van der Waals surface area contributed by atoms with E-state index in [0.29, 0.717) is 35.7 Å². The second-order valence-corrected chi connectivity index (χ2v) is 5.58. The molecular formula is C17H17N3O4. The summed E-state index contributed by atoms with van der Waals surface area (Å²) < 4.78 is 16.2. The molecule has 124 valence electrons. The van der Waals surface area contributed by atoms with Gasteiger partial charge in [-0.05, 0) is 6.07 Å². The third-order valence-electron chi connectivity index (χ3n) is 4.19. The summed E-state index contributed by atoms with van der Waals surface area (Å²) in [6.45, 7) is 2.84. The lowest BCUT2D eigenvalue weighted by atomic mass is 10.1. The van der Waals surface area contributed by atoms with Crippen molar-refractivity contribution in [2.45, 2.75) is 0 Å². The lowest BCUT2D eigenvalue weighted by Crippen LogP contribution is -2.37. The van der Waals surface area contributed by atoms with E-state index in [1.807, 2.05) is 6.07 Å². The Labute approximate surface area is 137 Å². The zero-order valence-corrected chi connectivity index (χ0v) is 13.2. The second kappa shape index (κ2) is 6.01. The average Bonchev–Trinajstić information content (AvgIpc) is 3.16. The first-order valence-electron chi connectivity index (χ1n) is 7.73. The van der Waals surface area contributed by atoms with E-state index in [9.17, 15) is 4.79 Å². The minimum atomic E-state index is -0.0475. The van der Waals surface area contributed by atoms with Crippen molar-refractivity contribution in [3.05, 3.63) is 41.0 Å². The summed E-state index contributed by atoms with van der Waals surface area (Å²) in [4.78, 5) is 22.0. The summed E-state index contributed by atoms with van der Waals surface area (Å²) in [7, 11) is 1.59. The van der Waals surface area contributed by atoms with Gasteiger partial charge < -0.3 is 23.8 Å². The van der Waals surface area contributed by atoms with E-state index in [4.69, 9.17) is 13.9 Å². The van der Waals surface area contributed by atoms with Crippen molar-refractivity contribution in [1.29, 1.82) is 0 Å². The Morgan fingerprint density at radius 1 is 1.25 bits per heavy atom. The Hall–Kier alpha value is -2.80. The molecule has 7 nitrogen and oxygen atoms in total. The number of fused-ring (bicyclic) bond motifs is 1. The standard InChI is InChI=1S/C17H17N3O4/c1-22-15-7-13-11(6-12(15)16-9-18-10-24-16)14(21)8-17(19-13)20-2-4-23-5-3-20/h6-10H,2-5H2,1H3,(H,19,21). The lowest BCUT2D eigenvalue weighted by molar-refractivity contribution is 0.122. The number of methoxy groups -OCH3 is 1. The van der Waals surface area contributed by atoms with Gasteiger partial charge in [-0.25, -0.2) is 4.98 Å². The molecule has 24 heavy (non-hydrogen) atoms. The maximum absolute atomic E-state index is 12.6. The minimum Gasteiger partial charge on any atom is -0.496 e. The van der Waals surface area contributed by atoms with Gasteiger partial charge in [0.2, 0.25) is 0 Å². The van der Waals surface area contributed by atoms with Crippen LogP contribution in [0, 0.1) is 0 Å². The Morgan fingerprint density at radius 3 is 2.79 bits per heavy atom. The number of morpholine rings is 1. The molecule has 0 atom stereocenters. The topological polar surface area (TPSA) is 80.6 Å². The highest BCUT2D eigenvalue weighted by atomic mass is 16.5. The van der Waals surface area contributed by atoms with Gasteiger partial charge in [-0.15, -0.1) is 0 Å². The smallest absolute Gasteiger partial charge is 0.191 e. The number of oxazole rings is 1. The first-order chi connectivity index (χ1) is 11.8. The molecule has 1 aliphatic heterocycles. The van der Waals surface area contributed by atoms with Crippen LogP contribution in [0.1, 0.15) is 0 Å². The van der Waals surface area contributed by atoms with Gasteiger partial charge >= 0.3 is 0 Å². The molecule has 0 unspecified atom stereocenters. The highest BCUT2D eigenvalue weighted by Crippen LogP contribution is 2.33. The van der Waals surface area contributed by atoms with Gasteiger partial charge in [0, 0.05) is 30.6 Å². The Morgan fingerprint density at radius 2 is 2.08 bits per heavy atom. The van der Waals surface area contributed by atoms with Crippen LogP contribution in [0.3, 0.4) is 0 Å². The monoisotopic (exact) mass is 327 g/mol. The molecule has 0 bridgehead atoms. The number of rotatable bonds is 3. The predicted molar refractivity (Wildman–Crippen MR) is 89.6 cm³/mol. The van der Waals surface area contributed by atoms with Gasteiger partial charge in [-0.3, -0.25) is 4.79 Å². The van der Waals surface area contributed by atoms with E-state index in [1.54, 1.807) is 25.4 Å². The first-order valence-corrected chi connectivity index (χ1v) is 7.73. The van der Waals surface area contributed by atoms with Gasteiger partial charge in [-0.1, -0.05) is 0 Å². The molecule has 0 amide bonds. The fourth-order valence-corrected chi connectivity index (χ4v) is 2.95. The van der Waals surface area contributed by atoms with Crippen LogP contribution >= 0.6 is 0 Å². The van der Waals surface area contributed by atoms with E-state index >= 15 is 0 Å². The molecule has 1 aliphatic rings. The van der Waals surface area contributed by atoms with Crippen LogP contribution in [0.25, 0.3) is 22.2 Å². The molecule has 1 saturated heterocycles. The fraction of sp³-hybridized carbons (Fsp3) is 0.294. The van der Waals surface area contributed by atoms with Crippen LogP contribution in [0.4, 0.5) is 5.82 Å². The van der Waals surface area contributed by atoms with Gasteiger partial charge in [-0.2, -0.15) is 0 Å². The molecule has 0 radical (unpaired) electrons. The van der Waals surface area contributed by atoms with Gasteiger partial charge in [0.1, 0.15) is 11.6 Å². The number of hydrogen-bond donors (Lipinski definition) is 1. The van der Waals surface area contributed by atoms with Crippen molar-refractivity contribution < 1.29 is 13.9 Å². The van der Waals surface area contributed by atoms with Crippen molar-refractivity contribution in [1.82, 2.24) is 9.97 Å². The van der Waals surface area contributed by atoms with Crippen LogP contribution in [0.15, 0.2) is 40.0 Å². The van der Waals surface area contributed by atoms with E-state index in [0.717, 1.165) is 24.4 Å². The number of pyridine rings is 1. The van der Waals surface area contributed by atoms with Crippen LogP contribution in [-0.2, 0) is 4.74 Å². The molecule has 0 saturated carbocycles. The Kier molecular flexibility index (Phi) is 3.70. The normalized spacial score (nSPS) is 15.0. The molecule has 3 aromatic rings. The number of anilines is 1. The maximum Gasteiger partial charge on any atom is 0.191 e. The van der Waals surface area contributed by atoms with E-state index in [-0.39, 0.29) is 5.43 Å². The van der Waals surface area contributed by atoms with Crippen molar-refractivity contribution in [2.75, 3.05) is 38.3 Å². The second-order valence-electron chi connectivity index (χ2n) is 5.58. The van der Waals surface area contributed by atoms with Gasteiger partial charge in [0.15, 0.2) is 17.6 Å². The van der Waals surface area contributed by atoms with Crippen LogP contribution in [0.2, 0.25) is 0 Å². The third-order valence-corrected chi connectivity index (χ3v) is 4.19. The van der Waals surface area contributed by atoms with Crippen LogP contribution in [0.5, 0.6) is 5.75 Å². The highest BCUT2D eigenvalue weighted by molar-refractivity contribution is 5.88.